The lowest BCUT2D eigenvalue weighted by molar-refractivity contribution is 0.0714. The largest absolute Gasteiger partial charge is 0.385 e. The molecule has 170 valence electrons. The Bertz CT molecular complexity index is 1330. The van der Waals surface area contributed by atoms with E-state index in [1.807, 2.05) is 0 Å². The number of fused-ring (bicyclic) bond motifs is 1. The quantitative estimate of drug-likeness (QED) is 0.374. The molecular formula is C22H17Cl2F2N5O2. The number of anilines is 1. The van der Waals surface area contributed by atoms with Crippen LogP contribution in [0.2, 0.25) is 10.0 Å². The Balaban J connectivity index is 1.54. The lowest BCUT2D eigenvalue weighted by atomic mass is 10.0. The number of aliphatic hydroxyl groups excluding tert-OH is 1. The number of hydrogen-bond donors (Lipinski definition) is 3. The molecule has 1 amide bonds. The molecule has 2 atom stereocenters. The maximum absolute atomic E-state index is 15.3. The van der Waals surface area contributed by atoms with Gasteiger partial charge in [0.05, 0.1) is 17.1 Å². The lowest BCUT2D eigenvalue weighted by Crippen LogP contribution is -2.34. The fourth-order valence-corrected chi connectivity index (χ4v) is 3.67. The van der Waals surface area contributed by atoms with E-state index in [-0.39, 0.29) is 22.1 Å². The summed E-state index contributed by atoms with van der Waals surface area (Å²) < 4.78 is 31.2. The number of pyridine rings is 1. The van der Waals surface area contributed by atoms with Crippen LogP contribution in [-0.4, -0.2) is 38.3 Å². The number of nitrogen functional groups attached to an aromatic ring is 1. The predicted molar refractivity (Wildman–Crippen MR) is 121 cm³/mol. The molecule has 0 spiro atoms. The number of carbonyl (C=O) groups is 1. The number of nitrogens with two attached hydrogens (primary N) is 1. The minimum Gasteiger partial charge on any atom is -0.385 e. The number of alkyl halides is 1. The average Bonchev–Trinajstić information content (AvgIpc) is 3.16. The molecule has 0 saturated heterocycles. The Hall–Kier alpha value is -3.27. The van der Waals surface area contributed by atoms with Crippen LogP contribution in [0.25, 0.3) is 16.8 Å². The van der Waals surface area contributed by atoms with Gasteiger partial charge in [-0.25, -0.2) is 13.3 Å². The maximum atomic E-state index is 15.3. The van der Waals surface area contributed by atoms with Crippen LogP contribution in [0.3, 0.4) is 0 Å². The first-order chi connectivity index (χ1) is 15.7. The molecular weight excluding hydrogens is 475 g/mol. The molecule has 0 aliphatic rings. The van der Waals surface area contributed by atoms with Crippen molar-refractivity contribution < 1.29 is 18.7 Å². The van der Waals surface area contributed by atoms with Gasteiger partial charge in [0, 0.05) is 16.8 Å². The van der Waals surface area contributed by atoms with Crippen LogP contribution in [0.1, 0.15) is 22.0 Å². The number of carbonyl (C=O) groups excluding carboxylic acids is 1. The van der Waals surface area contributed by atoms with E-state index < -0.39 is 36.1 Å². The van der Waals surface area contributed by atoms with E-state index in [2.05, 4.69) is 15.4 Å². The molecule has 0 radical (unpaired) electrons. The summed E-state index contributed by atoms with van der Waals surface area (Å²) in [4.78, 5) is 16.7. The van der Waals surface area contributed by atoms with E-state index in [0.29, 0.717) is 16.2 Å². The Kier molecular flexibility index (Phi) is 6.46. The number of benzene rings is 2. The van der Waals surface area contributed by atoms with Crippen molar-refractivity contribution in [1.82, 2.24) is 19.9 Å². The fourth-order valence-electron chi connectivity index (χ4n) is 3.31. The molecule has 0 saturated carbocycles. The molecule has 4 aromatic rings. The summed E-state index contributed by atoms with van der Waals surface area (Å²) in [5, 5.41) is 16.7. The molecule has 4 N–H and O–H groups in total. The summed E-state index contributed by atoms with van der Waals surface area (Å²) in [5.74, 6) is -1.74. The van der Waals surface area contributed by atoms with Crippen molar-refractivity contribution in [1.29, 1.82) is 0 Å². The monoisotopic (exact) mass is 491 g/mol. The second-order valence-corrected chi connectivity index (χ2v) is 8.04. The van der Waals surface area contributed by atoms with Crippen molar-refractivity contribution in [2.24, 2.45) is 0 Å². The standard InChI is InChI=1S/C22H17Cl2F2N5O2/c23-13-3-1-11(2-4-13)20(32)16(25)10-28-21(33)18-15(24)6-5-14(19(18)26)12-7-8-31-17(9-12)29-22(27)30-31/h1-9,16,20,32H,10H2,(H2,27,30)(H,28,33). The van der Waals surface area contributed by atoms with Gasteiger partial charge in [0.25, 0.3) is 5.91 Å². The van der Waals surface area contributed by atoms with Crippen molar-refractivity contribution >= 4 is 40.7 Å². The molecule has 2 aromatic carbocycles. The van der Waals surface area contributed by atoms with Gasteiger partial charge in [-0.2, -0.15) is 4.98 Å². The van der Waals surface area contributed by atoms with Crippen LogP contribution in [0.15, 0.2) is 54.7 Å². The van der Waals surface area contributed by atoms with Gasteiger partial charge in [-0.1, -0.05) is 35.3 Å². The zero-order valence-corrected chi connectivity index (χ0v) is 18.4. The highest BCUT2D eigenvalue weighted by Gasteiger charge is 2.24. The van der Waals surface area contributed by atoms with Gasteiger partial charge in [-0.15, -0.1) is 5.10 Å². The number of nitrogens with zero attached hydrogens (tertiary/aromatic N) is 3. The highest BCUT2D eigenvalue weighted by atomic mass is 35.5. The number of hydrogen-bond acceptors (Lipinski definition) is 5. The van der Waals surface area contributed by atoms with Crippen LogP contribution >= 0.6 is 23.2 Å². The van der Waals surface area contributed by atoms with Gasteiger partial charge in [-0.05, 0) is 47.5 Å². The topological polar surface area (TPSA) is 106 Å². The summed E-state index contributed by atoms with van der Waals surface area (Å²) in [6.45, 7) is -0.562. The zero-order valence-electron chi connectivity index (χ0n) is 16.8. The normalized spacial score (nSPS) is 13.1. The second-order valence-electron chi connectivity index (χ2n) is 7.19. The van der Waals surface area contributed by atoms with Gasteiger partial charge in [0.15, 0.2) is 5.65 Å². The van der Waals surface area contributed by atoms with Crippen molar-refractivity contribution in [3.63, 3.8) is 0 Å². The van der Waals surface area contributed by atoms with Crippen LogP contribution in [0, 0.1) is 5.82 Å². The SMILES string of the molecule is Nc1nc2cc(-c3ccc(Cl)c(C(=O)NCC(F)C(O)c4ccc(Cl)cc4)c3F)ccn2n1. The van der Waals surface area contributed by atoms with Gasteiger partial charge >= 0.3 is 0 Å². The van der Waals surface area contributed by atoms with Crippen LogP contribution in [0.4, 0.5) is 14.7 Å². The summed E-state index contributed by atoms with van der Waals surface area (Å²) in [7, 11) is 0. The van der Waals surface area contributed by atoms with Gasteiger partial charge in [0.2, 0.25) is 5.95 Å². The molecule has 0 bridgehead atoms. The molecule has 4 rings (SSSR count). The minimum atomic E-state index is -1.85. The predicted octanol–water partition coefficient (Wildman–Crippen LogP) is 4.23. The van der Waals surface area contributed by atoms with Gasteiger partial charge in [0.1, 0.15) is 18.1 Å². The molecule has 0 aliphatic heterocycles. The molecule has 0 aliphatic carbocycles. The first-order valence-electron chi connectivity index (χ1n) is 9.70. The van der Waals surface area contributed by atoms with Crippen molar-refractivity contribution in [3.8, 4) is 11.1 Å². The Morgan fingerprint density at radius 3 is 2.64 bits per heavy atom. The highest BCUT2D eigenvalue weighted by molar-refractivity contribution is 6.34. The van der Waals surface area contributed by atoms with E-state index in [4.69, 9.17) is 28.9 Å². The highest BCUT2D eigenvalue weighted by Crippen LogP contribution is 2.30. The van der Waals surface area contributed by atoms with E-state index >= 15 is 4.39 Å². The van der Waals surface area contributed by atoms with Gasteiger partial charge < -0.3 is 16.2 Å². The molecule has 33 heavy (non-hydrogen) atoms. The first kappa shape index (κ1) is 22.9. The van der Waals surface area contributed by atoms with E-state index in [0.717, 1.165) is 0 Å². The Morgan fingerprint density at radius 1 is 1.18 bits per heavy atom. The third-order valence-electron chi connectivity index (χ3n) is 4.99. The van der Waals surface area contributed by atoms with E-state index in [9.17, 15) is 14.3 Å². The van der Waals surface area contributed by atoms with Crippen molar-refractivity contribution in [2.45, 2.75) is 12.3 Å². The summed E-state index contributed by atoms with van der Waals surface area (Å²) in [6, 6.07) is 11.9. The summed E-state index contributed by atoms with van der Waals surface area (Å²) in [6.07, 6.45) is -1.80. The molecule has 2 unspecified atom stereocenters. The first-order valence-corrected chi connectivity index (χ1v) is 10.5. The lowest BCUT2D eigenvalue weighted by Gasteiger charge is -2.17. The molecule has 2 heterocycles. The number of aromatic nitrogens is 3. The van der Waals surface area contributed by atoms with Crippen molar-refractivity contribution in [3.05, 3.63) is 81.7 Å². The smallest absolute Gasteiger partial charge is 0.255 e. The Morgan fingerprint density at radius 2 is 1.91 bits per heavy atom. The number of halogens is 4. The fraction of sp³-hybridized carbons (Fsp3) is 0.136. The number of aliphatic hydroxyl groups is 1. The Labute approximate surface area is 196 Å². The van der Waals surface area contributed by atoms with Gasteiger partial charge in [-0.3, -0.25) is 4.79 Å². The maximum Gasteiger partial charge on any atom is 0.255 e. The summed E-state index contributed by atoms with van der Waals surface area (Å²) in [5.41, 5.74) is 6.32. The van der Waals surface area contributed by atoms with Crippen LogP contribution in [0.5, 0.6) is 0 Å². The number of amides is 1. The third kappa shape index (κ3) is 4.75. The average molecular weight is 492 g/mol. The van der Waals surface area contributed by atoms with E-state index in [1.165, 1.54) is 40.9 Å². The second kappa shape index (κ2) is 9.30. The van der Waals surface area contributed by atoms with Crippen LogP contribution in [-0.2, 0) is 0 Å². The van der Waals surface area contributed by atoms with E-state index in [1.54, 1.807) is 18.3 Å². The minimum absolute atomic E-state index is 0.0605. The molecule has 11 heteroatoms. The molecule has 7 nitrogen and oxygen atoms in total. The number of nitrogens with one attached hydrogen (secondary N) is 1. The zero-order chi connectivity index (χ0) is 23.7. The summed E-state index contributed by atoms with van der Waals surface area (Å²) >= 11 is 11.9. The van der Waals surface area contributed by atoms with Crippen molar-refractivity contribution in [2.75, 3.05) is 12.3 Å². The van der Waals surface area contributed by atoms with Crippen LogP contribution < -0.4 is 11.1 Å². The third-order valence-corrected chi connectivity index (χ3v) is 5.56. The molecule has 0 fully saturated rings. The number of rotatable bonds is 6. The molecule has 2 aromatic heterocycles.